The maximum absolute atomic E-state index is 14.9. The fraction of sp³-hybridized carbons (Fsp3) is 0.444. The lowest BCUT2D eigenvalue weighted by molar-refractivity contribution is 0.131. The maximum Gasteiger partial charge on any atom is 0.317 e. The van der Waals surface area contributed by atoms with Crippen molar-refractivity contribution < 1.29 is 9.18 Å². The number of hydrogen-bond acceptors (Lipinski definition) is 5. The van der Waals surface area contributed by atoms with Crippen molar-refractivity contribution in [1.29, 1.82) is 0 Å². The summed E-state index contributed by atoms with van der Waals surface area (Å²) in [6, 6.07) is 6.79. The molecule has 0 radical (unpaired) electrons. The fourth-order valence-electron chi connectivity index (χ4n) is 4.81. The standard InChI is InChI=1S/C27H33FN6O/c1-3-20-8-7-9-22(16-20)31-26-21(18-29-19-30-26)17-25(24(28)4-2)32-27(35)34-14-10-23(11-15-34)33-12-5-6-13-33/h1,4,7-9,16-17,19,23-25H,2,5-6,10-15,18H2,(H,32,35)(H,29,30,31)/b21-17+. The molecule has 3 heterocycles. The normalized spacial score (nSPS) is 21.8. The number of urea groups is 1. The molecule has 2 fully saturated rings. The summed E-state index contributed by atoms with van der Waals surface area (Å²) >= 11 is 0. The van der Waals surface area contributed by atoms with Crippen LogP contribution in [0.5, 0.6) is 0 Å². The van der Waals surface area contributed by atoms with Gasteiger partial charge in [0.1, 0.15) is 18.3 Å². The first kappa shape index (κ1) is 24.7. The van der Waals surface area contributed by atoms with E-state index in [0.29, 0.717) is 37.1 Å². The summed E-state index contributed by atoms with van der Waals surface area (Å²) in [4.78, 5) is 25.9. The van der Waals surface area contributed by atoms with Crippen molar-refractivity contribution in [2.45, 2.75) is 43.9 Å². The first-order valence-electron chi connectivity index (χ1n) is 12.2. The number of alkyl halides is 1. The monoisotopic (exact) mass is 476 g/mol. The Morgan fingerprint density at radius 2 is 2.03 bits per heavy atom. The van der Waals surface area contributed by atoms with Crippen LogP contribution in [-0.4, -0.2) is 79.0 Å². The van der Waals surface area contributed by atoms with Crippen LogP contribution in [0.25, 0.3) is 0 Å². The van der Waals surface area contributed by atoms with Gasteiger partial charge in [-0.25, -0.2) is 14.2 Å². The minimum atomic E-state index is -1.45. The van der Waals surface area contributed by atoms with E-state index in [2.05, 4.69) is 38.0 Å². The molecule has 2 saturated heterocycles. The molecule has 2 atom stereocenters. The van der Waals surface area contributed by atoms with Gasteiger partial charge < -0.3 is 20.4 Å². The van der Waals surface area contributed by atoms with Crippen molar-refractivity contribution in [2.24, 2.45) is 9.98 Å². The van der Waals surface area contributed by atoms with Crippen molar-refractivity contribution in [2.75, 3.05) is 38.0 Å². The zero-order valence-corrected chi connectivity index (χ0v) is 20.0. The Balaban J connectivity index is 1.42. The lowest BCUT2D eigenvalue weighted by Crippen LogP contribution is -2.52. The number of carbonyl (C=O) groups is 1. The van der Waals surface area contributed by atoms with E-state index < -0.39 is 12.2 Å². The number of benzene rings is 1. The van der Waals surface area contributed by atoms with Gasteiger partial charge in [0.05, 0.1) is 12.6 Å². The molecule has 1 aromatic carbocycles. The number of carbonyl (C=O) groups excluding carboxylic acids is 1. The van der Waals surface area contributed by atoms with Crippen molar-refractivity contribution in [1.82, 2.24) is 15.1 Å². The number of amidine groups is 1. The van der Waals surface area contributed by atoms with Crippen LogP contribution in [0.1, 0.15) is 31.2 Å². The quantitative estimate of drug-likeness (QED) is 0.487. The first-order chi connectivity index (χ1) is 17.1. The molecule has 0 aromatic heterocycles. The Morgan fingerprint density at radius 3 is 2.74 bits per heavy atom. The number of likely N-dealkylation sites (tertiary alicyclic amines) is 2. The average molecular weight is 477 g/mol. The van der Waals surface area contributed by atoms with Gasteiger partial charge in [-0.3, -0.25) is 4.99 Å². The van der Waals surface area contributed by atoms with E-state index in [-0.39, 0.29) is 6.03 Å². The van der Waals surface area contributed by atoms with Gasteiger partial charge in [-0.2, -0.15) is 0 Å². The van der Waals surface area contributed by atoms with Gasteiger partial charge in [0.15, 0.2) is 0 Å². The van der Waals surface area contributed by atoms with E-state index in [1.165, 1.54) is 25.3 Å². The molecule has 8 heteroatoms. The Kier molecular flexibility index (Phi) is 8.32. The zero-order valence-electron chi connectivity index (χ0n) is 20.0. The predicted octanol–water partition coefficient (Wildman–Crippen LogP) is 3.61. The second kappa shape index (κ2) is 11.8. The fourth-order valence-corrected chi connectivity index (χ4v) is 4.81. The van der Waals surface area contributed by atoms with Crippen molar-refractivity contribution in [3.05, 3.63) is 54.1 Å². The van der Waals surface area contributed by atoms with Crippen LogP contribution < -0.4 is 10.6 Å². The van der Waals surface area contributed by atoms with Crippen LogP contribution in [0, 0.1) is 12.3 Å². The number of anilines is 1. The molecule has 3 aliphatic heterocycles. The number of amides is 2. The van der Waals surface area contributed by atoms with Crippen molar-refractivity contribution in [3.8, 4) is 12.3 Å². The lowest BCUT2D eigenvalue weighted by atomic mass is 10.0. The van der Waals surface area contributed by atoms with Crippen molar-refractivity contribution in [3.63, 3.8) is 0 Å². The van der Waals surface area contributed by atoms with Gasteiger partial charge in [-0.1, -0.05) is 24.1 Å². The van der Waals surface area contributed by atoms with Gasteiger partial charge >= 0.3 is 6.03 Å². The van der Waals surface area contributed by atoms with Gasteiger partial charge in [0, 0.05) is 36.0 Å². The number of terminal acetylenes is 1. The summed E-state index contributed by atoms with van der Waals surface area (Å²) < 4.78 is 14.9. The van der Waals surface area contributed by atoms with Gasteiger partial charge in [-0.15, -0.1) is 13.0 Å². The van der Waals surface area contributed by atoms with E-state index in [0.717, 1.165) is 37.2 Å². The predicted molar refractivity (Wildman–Crippen MR) is 140 cm³/mol. The molecular weight excluding hydrogens is 443 g/mol. The molecule has 7 nitrogen and oxygen atoms in total. The number of nitrogens with zero attached hydrogens (tertiary/aromatic N) is 4. The zero-order chi connectivity index (χ0) is 24.6. The molecular formula is C27H33FN6O. The summed E-state index contributed by atoms with van der Waals surface area (Å²) in [5.74, 6) is 3.14. The van der Waals surface area contributed by atoms with E-state index in [4.69, 9.17) is 6.42 Å². The number of nitrogens with one attached hydrogen (secondary N) is 2. The molecule has 0 bridgehead atoms. The molecule has 0 spiro atoms. The van der Waals surface area contributed by atoms with Gasteiger partial charge in [0.2, 0.25) is 0 Å². The van der Waals surface area contributed by atoms with Gasteiger partial charge in [-0.05, 0) is 57.0 Å². The number of rotatable bonds is 6. The average Bonchev–Trinajstić information content (AvgIpc) is 3.44. The third-order valence-electron chi connectivity index (χ3n) is 6.77. The van der Waals surface area contributed by atoms with Crippen LogP contribution in [-0.2, 0) is 0 Å². The van der Waals surface area contributed by atoms with Crippen LogP contribution in [0.4, 0.5) is 14.9 Å². The Morgan fingerprint density at radius 1 is 1.26 bits per heavy atom. The highest BCUT2D eigenvalue weighted by Crippen LogP contribution is 2.21. The minimum absolute atomic E-state index is 0.260. The molecule has 35 heavy (non-hydrogen) atoms. The highest BCUT2D eigenvalue weighted by atomic mass is 19.1. The number of hydrogen-bond donors (Lipinski definition) is 2. The molecule has 0 saturated carbocycles. The van der Waals surface area contributed by atoms with Crippen LogP contribution in [0.2, 0.25) is 0 Å². The van der Waals surface area contributed by atoms with E-state index in [1.807, 2.05) is 24.3 Å². The maximum atomic E-state index is 14.9. The van der Waals surface area contributed by atoms with E-state index >= 15 is 0 Å². The van der Waals surface area contributed by atoms with E-state index in [9.17, 15) is 9.18 Å². The summed E-state index contributed by atoms with van der Waals surface area (Å²) in [5.41, 5.74) is 2.18. The Labute approximate surface area is 206 Å². The smallest absolute Gasteiger partial charge is 0.317 e. The summed E-state index contributed by atoms with van der Waals surface area (Å²) in [6.45, 7) is 7.56. The number of piperidine rings is 1. The van der Waals surface area contributed by atoms with Crippen LogP contribution in [0.15, 0.2) is 58.6 Å². The third-order valence-corrected chi connectivity index (χ3v) is 6.77. The number of halogens is 1. The molecule has 184 valence electrons. The van der Waals surface area contributed by atoms with Crippen molar-refractivity contribution >= 4 is 23.9 Å². The number of aliphatic imine (C=N–C) groups is 2. The summed E-state index contributed by atoms with van der Waals surface area (Å²) in [5, 5.41) is 6.10. The SMILES string of the molecule is C#Cc1cccc(NC2=NC=NC/C2=C\C(NC(=O)N2CCC(N3CCCC3)CC2)C(F)C=C)c1. The second-order valence-electron chi connectivity index (χ2n) is 9.09. The molecule has 4 rings (SSSR count). The molecule has 2 N–H and O–H groups in total. The summed E-state index contributed by atoms with van der Waals surface area (Å²) in [7, 11) is 0. The second-order valence-corrected chi connectivity index (χ2v) is 9.09. The Hall–Kier alpha value is -3.44. The molecule has 2 amide bonds. The highest BCUT2D eigenvalue weighted by molar-refractivity contribution is 6.12. The van der Waals surface area contributed by atoms with Crippen LogP contribution >= 0.6 is 0 Å². The largest absolute Gasteiger partial charge is 0.340 e. The molecule has 3 aliphatic rings. The highest BCUT2D eigenvalue weighted by Gasteiger charge is 2.30. The molecule has 2 unspecified atom stereocenters. The lowest BCUT2D eigenvalue weighted by Gasteiger charge is -2.37. The summed E-state index contributed by atoms with van der Waals surface area (Å²) in [6.07, 6.45) is 12.8. The minimum Gasteiger partial charge on any atom is -0.340 e. The molecule has 1 aromatic rings. The Bertz CT molecular complexity index is 1040. The van der Waals surface area contributed by atoms with E-state index in [1.54, 1.807) is 11.0 Å². The van der Waals surface area contributed by atoms with Gasteiger partial charge in [0.25, 0.3) is 0 Å². The van der Waals surface area contributed by atoms with Crippen LogP contribution in [0.3, 0.4) is 0 Å². The molecule has 0 aliphatic carbocycles. The first-order valence-corrected chi connectivity index (χ1v) is 12.2. The topological polar surface area (TPSA) is 72.3 Å². The third kappa shape index (κ3) is 6.37.